The molecule has 0 saturated heterocycles. The van der Waals surface area contributed by atoms with Gasteiger partial charge in [0.25, 0.3) is 0 Å². The largest absolute Gasteiger partial charge is 0.354 e. The van der Waals surface area contributed by atoms with Crippen LogP contribution >= 0.6 is 27.5 Å². The van der Waals surface area contributed by atoms with Gasteiger partial charge in [0.1, 0.15) is 0 Å². The van der Waals surface area contributed by atoms with Crippen molar-refractivity contribution >= 4 is 45.0 Å². The van der Waals surface area contributed by atoms with Crippen LogP contribution in [0.4, 0.5) is 21.8 Å². The normalized spacial score (nSPS) is 10.4. The van der Waals surface area contributed by atoms with Gasteiger partial charge in [0, 0.05) is 16.7 Å². The van der Waals surface area contributed by atoms with Crippen LogP contribution in [0.25, 0.3) is 0 Å². The predicted octanol–water partition coefficient (Wildman–Crippen LogP) is 4.60. The number of hydrogen-bond donors (Lipinski definition) is 2. The number of nitrogens with zero attached hydrogens (tertiary/aromatic N) is 2. The highest BCUT2D eigenvalue weighted by Gasteiger charge is 2.08. The summed E-state index contributed by atoms with van der Waals surface area (Å²) in [5.74, 6) is -0.00488. The SMILES string of the molecule is CCCNc1ncc(F)c(Nc2ccc(Cl)c(Br)c2)n1. The Morgan fingerprint density at radius 3 is 2.90 bits per heavy atom. The molecular formula is C13H13BrClFN4. The first-order chi connectivity index (χ1) is 9.60. The highest BCUT2D eigenvalue weighted by Crippen LogP contribution is 2.27. The van der Waals surface area contributed by atoms with E-state index in [2.05, 4.69) is 36.5 Å². The van der Waals surface area contributed by atoms with Crippen molar-refractivity contribution in [1.29, 1.82) is 0 Å². The van der Waals surface area contributed by atoms with E-state index in [1.165, 1.54) is 0 Å². The Balaban J connectivity index is 2.20. The van der Waals surface area contributed by atoms with Crippen LogP contribution in [0.15, 0.2) is 28.9 Å². The fraction of sp³-hybridized carbons (Fsp3) is 0.231. The van der Waals surface area contributed by atoms with Crippen molar-refractivity contribution in [3.05, 3.63) is 39.7 Å². The molecular weight excluding hydrogens is 347 g/mol. The van der Waals surface area contributed by atoms with Gasteiger partial charge in [0.2, 0.25) is 5.95 Å². The topological polar surface area (TPSA) is 49.8 Å². The van der Waals surface area contributed by atoms with Crippen LogP contribution in [0.2, 0.25) is 5.02 Å². The summed E-state index contributed by atoms with van der Waals surface area (Å²) in [5.41, 5.74) is 0.681. The molecule has 0 saturated carbocycles. The Bertz CT molecular complexity index is 609. The molecule has 0 radical (unpaired) electrons. The van der Waals surface area contributed by atoms with E-state index in [4.69, 9.17) is 11.6 Å². The number of hydrogen-bond acceptors (Lipinski definition) is 4. The second-order valence-corrected chi connectivity index (χ2v) is 5.33. The molecule has 0 amide bonds. The average molecular weight is 360 g/mol. The first-order valence-electron chi connectivity index (χ1n) is 6.08. The molecule has 20 heavy (non-hydrogen) atoms. The molecule has 0 aliphatic carbocycles. The Labute approximate surface area is 129 Å². The fourth-order valence-electron chi connectivity index (χ4n) is 1.49. The average Bonchev–Trinajstić information content (AvgIpc) is 2.44. The van der Waals surface area contributed by atoms with E-state index in [0.29, 0.717) is 16.7 Å². The minimum atomic E-state index is -0.516. The van der Waals surface area contributed by atoms with Gasteiger partial charge in [-0.25, -0.2) is 9.37 Å². The third kappa shape index (κ3) is 3.80. The highest BCUT2D eigenvalue weighted by atomic mass is 79.9. The predicted molar refractivity (Wildman–Crippen MR) is 83.2 cm³/mol. The van der Waals surface area contributed by atoms with Gasteiger partial charge in [-0.15, -0.1) is 0 Å². The summed E-state index contributed by atoms with van der Waals surface area (Å²) in [7, 11) is 0. The van der Waals surface area contributed by atoms with Gasteiger partial charge in [-0.1, -0.05) is 18.5 Å². The van der Waals surface area contributed by atoms with Crippen molar-refractivity contribution in [2.75, 3.05) is 17.2 Å². The van der Waals surface area contributed by atoms with Gasteiger partial charge in [-0.3, -0.25) is 0 Å². The number of halogens is 3. The molecule has 1 heterocycles. The quantitative estimate of drug-likeness (QED) is 0.819. The molecule has 0 atom stereocenters. The van der Waals surface area contributed by atoms with Gasteiger partial charge in [0.15, 0.2) is 11.6 Å². The Kier molecular flexibility index (Phi) is 5.14. The number of rotatable bonds is 5. The van der Waals surface area contributed by atoms with Crippen molar-refractivity contribution < 1.29 is 4.39 Å². The van der Waals surface area contributed by atoms with E-state index in [0.717, 1.165) is 23.6 Å². The molecule has 0 aliphatic rings. The van der Waals surface area contributed by atoms with Crippen LogP contribution in [0.1, 0.15) is 13.3 Å². The van der Waals surface area contributed by atoms with E-state index in [9.17, 15) is 4.39 Å². The van der Waals surface area contributed by atoms with Crippen molar-refractivity contribution in [2.45, 2.75) is 13.3 Å². The fourth-order valence-corrected chi connectivity index (χ4v) is 1.98. The lowest BCUT2D eigenvalue weighted by Crippen LogP contribution is -2.07. The Morgan fingerprint density at radius 1 is 1.40 bits per heavy atom. The zero-order valence-corrected chi connectivity index (χ0v) is 13.1. The van der Waals surface area contributed by atoms with E-state index >= 15 is 0 Å². The second kappa shape index (κ2) is 6.85. The standard InChI is InChI=1S/C13H13BrClFN4/c1-2-5-17-13-18-7-11(16)12(20-13)19-8-3-4-10(15)9(14)6-8/h3-4,6-7H,2,5H2,1H3,(H2,17,18,19,20). The lowest BCUT2D eigenvalue weighted by atomic mass is 10.3. The van der Waals surface area contributed by atoms with Crippen LogP contribution in [0.3, 0.4) is 0 Å². The van der Waals surface area contributed by atoms with Crippen molar-refractivity contribution in [3.63, 3.8) is 0 Å². The zero-order valence-electron chi connectivity index (χ0n) is 10.8. The van der Waals surface area contributed by atoms with Crippen LogP contribution in [-0.4, -0.2) is 16.5 Å². The molecule has 0 unspecified atom stereocenters. The molecule has 0 aliphatic heterocycles. The summed E-state index contributed by atoms with van der Waals surface area (Å²) >= 11 is 9.23. The molecule has 1 aromatic heterocycles. The highest BCUT2D eigenvalue weighted by molar-refractivity contribution is 9.10. The lowest BCUT2D eigenvalue weighted by molar-refractivity contribution is 0.619. The summed E-state index contributed by atoms with van der Waals surface area (Å²) in [6.07, 6.45) is 2.08. The van der Waals surface area contributed by atoms with Crippen LogP contribution < -0.4 is 10.6 Å². The molecule has 0 spiro atoms. The number of nitrogens with one attached hydrogen (secondary N) is 2. The monoisotopic (exact) mass is 358 g/mol. The van der Waals surface area contributed by atoms with Crippen molar-refractivity contribution in [2.24, 2.45) is 0 Å². The second-order valence-electron chi connectivity index (χ2n) is 4.07. The van der Waals surface area contributed by atoms with Crippen LogP contribution in [0.5, 0.6) is 0 Å². The minimum absolute atomic E-state index is 0.118. The summed E-state index contributed by atoms with van der Waals surface area (Å²) in [5, 5.41) is 6.50. The van der Waals surface area contributed by atoms with Gasteiger partial charge in [-0.05, 0) is 40.5 Å². The maximum Gasteiger partial charge on any atom is 0.224 e. The Morgan fingerprint density at radius 2 is 2.20 bits per heavy atom. The summed E-state index contributed by atoms with van der Waals surface area (Å²) in [6, 6.07) is 5.21. The molecule has 1 aromatic carbocycles. The third-order valence-corrected chi connectivity index (χ3v) is 3.67. The first-order valence-corrected chi connectivity index (χ1v) is 7.25. The summed E-state index contributed by atoms with van der Waals surface area (Å²) < 4.78 is 14.4. The molecule has 4 nitrogen and oxygen atoms in total. The molecule has 0 bridgehead atoms. The van der Waals surface area contributed by atoms with Gasteiger partial charge in [0.05, 0.1) is 11.2 Å². The summed E-state index contributed by atoms with van der Waals surface area (Å²) in [4.78, 5) is 7.98. The van der Waals surface area contributed by atoms with Gasteiger partial charge < -0.3 is 10.6 Å². The molecule has 2 rings (SSSR count). The number of aromatic nitrogens is 2. The minimum Gasteiger partial charge on any atom is -0.354 e. The molecule has 2 N–H and O–H groups in total. The summed E-state index contributed by atoms with van der Waals surface area (Å²) in [6.45, 7) is 2.76. The Hall–Kier alpha value is -1.40. The van der Waals surface area contributed by atoms with E-state index < -0.39 is 5.82 Å². The molecule has 7 heteroatoms. The maximum absolute atomic E-state index is 13.7. The van der Waals surface area contributed by atoms with Crippen molar-refractivity contribution in [1.82, 2.24) is 9.97 Å². The van der Waals surface area contributed by atoms with E-state index in [-0.39, 0.29) is 5.82 Å². The van der Waals surface area contributed by atoms with Crippen LogP contribution in [0, 0.1) is 5.82 Å². The van der Waals surface area contributed by atoms with Gasteiger partial charge >= 0.3 is 0 Å². The van der Waals surface area contributed by atoms with E-state index in [1.54, 1.807) is 18.2 Å². The molecule has 106 valence electrons. The maximum atomic E-state index is 13.7. The van der Waals surface area contributed by atoms with Gasteiger partial charge in [-0.2, -0.15) is 4.98 Å². The third-order valence-electron chi connectivity index (χ3n) is 2.46. The lowest BCUT2D eigenvalue weighted by Gasteiger charge is -2.09. The van der Waals surface area contributed by atoms with Crippen molar-refractivity contribution in [3.8, 4) is 0 Å². The van der Waals surface area contributed by atoms with Crippen LogP contribution in [-0.2, 0) is 0 Å². The smallest absolute Gasteiger partial charge is 0.224 e. The molecule has 0 fully saturated rings. The van der Waals surface area contributed by atoms with E-state index in [1.807, 2.05) is 6.92 Å². The molecule has 2 aromatic rings. The number of benzene rings is 1. The first kappa shape index (κ1) is 15.0. The number of anilines is 3. The zero-order chi connectivity index (χ0) is 14.5.